The van der Waals surface area contributed by atoms with E-state index in [1.807, 2.05) is 0 Å². The van der Waals surface area contributed by atoms with E-state index in [1.54, 1.807) is 18.2 Å². The molecule has 1 aliphatic rings. The SMILES string of the molecule is CCN(Cc1cccc(NC(=O)C2CC2C(=O)O)c1)C(=O)C(F)(F)F. The van der Waals surface area contributed by atoms with Crippen LogP contribution in [0.25, 0.3) is 0 Å². The van der Waals surface area contributed by atoms with Crippen LogP contribution in [0.15, 0.2) is 24.3 Å². The zero-order chi connectivity index (χ0) is 18.8. The van der Waals surface area contributed by atoms with Gasteiger partial charge in [-0.2, -0.15) is 13.2 Å². The number of hydrogen-bond acceptors (Lipinski definition) is 3. The number of halogens is 3. The molecule has 1 aliphatic carbocycles. The molecule has 6 nitrogen and oxygen atoms in total. The van der Waals surface area contributed by atoms with Crippen LogP contribution in [0.2, 0.25) is 0 Å². The molecule has 9 heteroatoms. The van der Waals surface area contributed by atoms with Crippen molar-refractivity contribution in [3.05, 3.63) is 29.8 Å². The van der Waals surface area contributed by atoms with Gasteiger partial charge in [-0.05, 0) is 31.0 Å². The average molecular weight is 358 g/mol. The molecule has 136 valence electrons. The molecule has 25 heavy (non-hydrogen) atoms. The summed E-state index contributed by atoms with van der Waals surface area (Å²) in [6.07, 6.45) is -4.68. The molecule has 1 fully saturated rings. The van der Waals surface area contributed by atoms with Gasteiger partial charge in [0.15, 0.2) is 0 Å². The van der Waals surface area contributed by atoms with Gasteiger partial charge in [-0.3, -0.25) is 14.4 Å². The van der Waals surface area contributed by atoms with Crippen LogP contribution in [0.1, 0.15) is 18.9 Å². The quantitative estimate of drug-likeness (QED) is 0.817. The van der Waals surface area contributed by atoms with E-state index >= 15 is 0 Å². The van der Waals surface area contributed by atoms with Gasteiger partial charge in [-0.1, -0.05) is 12.1 Å². The Labute approximate surface area is 141 Å². The number of carboxylic acid groups (broad SMARTS) is 1. The summed E-state index contributed by atoms with van der Waals surface area (Å²) in [7, 11) is 0. The van der Waals surface area contributed by atoms with Gasteiger partial charge in [0.25, 0.3) is 0 Å². The lowest BCUT2D eigenvalue weighted by Crippen LogP contribution is -2.40. The molecule has 2 N–H and O–H groups in total. The third-order valence-corrected chi connectivity index (χ3v) is 3.92. The number of alkyl halides is 3. The fourth-order valence-electron chi connectivity index (χ4n) is 2.47. The molecule has 2 atom stereocenters. The predicted octanol–water partition coefficient (Wildman–Crippen LogP) is 2.26. The normalized spacial score (nSPS) is 19.2. The van der Waals surface area contributed by atoms with Gasteiger partial charge in [-0.25, -0.2) is 0 Å². The summed E-state index contributed by atoms with van der Waals surface area (Å²) in [5.41, 5.74) is 0.761. The lowest BCUT2D eigenvalue weighted by molar-refractivity contribution is -0.185. The third-order valence-electron chi connectivity index (χ3n) is 3.92. The molecule has 1 saturated carbocycles. The predicted molar refractivity (Wildman–Crippen MR) is 81.5 cm³/mol. The highest BCUT2D eigenvalue weighted by molar-refractivity contribution is 5.98. The Morgan fingerprint density at radius 3 is 2.48 bits per heavy atom. The van der Waals surface area contributed by atoms with Gasteiger partial charge in [0.2, 0.25) is 5.91 Å². The Balaban J connectivity index is 2.02. The van der Waals surface area contributed by atoms with Crippen LogP contribution >= 0.6 is 0 Å². The number of rotatable bonds is 6. The monoisotopic (exact) mass is 358 g/mol. The Morgan fingerprint density at radius 1 is 1.28 bits per heavy atom. The second-order valence-electron chi connectivity index (χ2n) is 5.79. The van der Waals surface area contributed by atoms with Crippen molar-refractivity contribution in [2.75, 3.05) is 11.9 Å². The maximum Gasteiger partial charge on any atom is 0.471 e. The molecule has 0 aliphatic heterocycles. The van der Waals surface area contributed by atoms with Gasteiger partial charge < -0.3 is 15.3 Å². The van der Waals surface area contributed by atoms with Crippen molar-refractivity contribution in [2.45, 2.75) is 26.1 Å². The first kappa shape index (κ1) is 18.8. The largest absolute Gasteiger partial charge is 0.481 e. The van der Waals surface area contributed by atoms with Crippen LogP contribution in [-0.2, 0) is 20.9 Å². The van der Waals surface area contributed by atoms with Crippen molar-refractivity contribution < 1.29 is 32.7 Å². The lowest BCUT2D eigenvalue weighted by Gasteiger charge is -2.22. The fourth-order valence-corrected chi connectivity index (χ4v) is 2.47. The van der Waals surface area contributed by atoms with Gasteiger partial charge >= 0.3 is 18.1 Å². The molecule has 2 rings (SSSR count). The van der Waals surface area contributed by atoms with Crippen LogP contribution in [0, 0.1) is 11.8 Å². The first-order valence-electron chi connectivity index (χ1n) is 7.62. The Morgan fingerprint density at radius 2 is 1.96 bits per heavy atom. The number of nitrogens with one attached hydrogen (secondary N) is 1. The Hall–Kier alpha value is -2.58. The maximum absolute atomic E-state index is 12.5. The van der Waals surface area contributed by atoms with E-state index in [9.17, 15) is 27.6 Å². The highest BCUT2D eigenvalue weighted by Gasteiger charge is 2.48. The van der Waals surface area contributed by atoms with E-state index < -0.39 is 35.8 Å². The molecule has 2 amide bonds. The number of anilines is 1. The van der Waals surface area contributed by atoms with E-state index in [0.717, 1.165) is 0 Å². The minimum atomic E-state index is -4.94. The van der Waals surface area contributed by atoms with Crippen molar-refractivity contribution in [1.82, 2.24) is 4.90 Å². The van der Waals surface area contributed by atoms with E-state index in [1.165, 1.54) is 13.0 Å². The van der Waals surface area contributed by atoms with Gasteiger partial charge in [-0.15, -0.1) is 0 Å². The van der Waals surface area contributed by atoms with Crippen molar-refractivity contribution >= 4 is 23.5 Å². The summed E-state index contributed by atoms with van der Waals surface area (Å²) in [5, 5.41) is 11.4. The number of carbonyl (C=O) groups excluding carboxylic acids is 2. The third kappa shape index (κ3) is 4.71. The second-order valence-corrected chi connectivity index (χ2v) is 5.79. The molecular formula is C16H17F3N2O4. The molecule has 0 spiro atoms. The summed E-state index contributed by atoms with van der Waals surface area (Å²) in [4.78, 5) is 34.7. The molecule has 0 radical (unpaired) electrons. The van der Waals surface area contributed by atoms with E-state index in [4.69, 9.17) is 5.11 Å². The van der Waals surface area contributed by atoms with E-state index in [-0.39, 0.29) is 19.5 Å². The van der Waals surface area contributed by atoms with Gasteiger partial charge in [0.05, 0.1) is 11.8 Å². The highest BCUT2D eigenvalue weighted by Crippen LogP contribution is 2.39. The molecule has 0 bridgehead atoms. The smallest absolute Gasteiger partial charge is 0.471 e. The molecule has 0 saturated heterocycles. The van der Waals surface area contributed by atoms with Crippen LogP contribution in [0.3, 0.4) is 0 Å². The summed E-state index contributed by atoms with van der Waals surface area (Å²) in [5.74, 6) is -4.68. The number of nitrogens with zero attached hydrogens (tertiary/aromatic N) is 1. The summed E-state index contributed by atoms with van der Waals surface area (Å²) >= 11 is 0. The number of aliphatic carboxylic acids is 1. The Bertz CT molecular complexity index is 690. The number of carboxylic acids is 1. The van der Waals surface area contributed by atoms with Crippen molar-refractivity contribution in [3.8, 4) is 0 Å². The number of hydrogen-bond donors (Lipinski definition) is 2. The van der Waals surface area contributed by atoms with Crippen molar-refractivity contribution in [3.63, 3.8) is 0 Å². The highest BCUT2D eigenvalue weighted by atomic mass is 19.4. The van der Waals surface area contributed by atoms with Crippen LogP contribution in [-0.4, -0.2) is 40.5 Å². The molecule has 0 aromatic heterocycles. The molecule has 0 heterocycles. The average Bonchev–Trinajstić information content (AvgIpc) is 3.32. The number of benzene rings is 1. The zero-order valence-corrected chi connectivity index (χ0v) is 13.3. The Kier molecular flexibility index (Phi) is 5.34. The lowest BCUT2D eigenvalue weighted by atomic mass is 10.1. The molecule has 1 aromatic rings. The van der Waals surface area contributed by atoms with Crippen molar-refractivity contribution in [2.24, 2.45) is 11.8 Å². The minimum absolute atomic E-state index is 0.114. The van der Waals surface area contributed by atoms with Crippen LogP contribution in [0.4, 0.5) is 18.9 Å². The first-order chi connectivity index (χ1) is 11.6. The molecule has 2 unspecified atom stereocenters. The van der Waals surface area contributed by atoms with Crippen LogP contribution in [0.5, 0.6) is 0 Å². The first-order valence-corrected chi connectivity index (χ1v) is 7.62. The van der Waals surface area contributed by atoms with E-state index in [2.05, 4.69) is 5.32 Å². The fraction of sp³-hybridized carbons (Fsp3) is 0.438. The van der Waals surface area contributed by atoms with E-state index in [0.29, 0.717) is 16.2 Å². The van der Waals surface area contributed by atoms with Crippen molar-refractivity contribution in [1.29, 1.82) is 0 Å². The molecule has 1 aromatic carbocycles. The topological polar surface area (TPSA) is 86.7 Å². The second kappa shape index (κ2) is 7.12. The van der Waals surface area contributed by atoms with Gasteiger partial charge in [0.1, 0.15) is 0 Å². The summed E-state index contributed by atoms with van der Waals surface area (Å²) < 4.78 is 37.6. The van der Waals surface area contributed by atoms with Gasteiger partial charge in [0, 0.05) is 18.8 Å². The molecular weight excluding hydrogens is 341 g/mol. The number of carbonyl (C=O) groups is 3. The number of amides is 2. The van der Waals surface area contributed by atoms with Crippen LogP contribution < -0.4 is 5.32 Å². The zero-order valence-electron chi connectivity index (χ0n) is 13.3. The maximum atomic E-state index is 12.5. The minimum Gasteiger partial charge on any atom is -0.481 e. The summed E-state index contributed by atoms with van der Waals surface area (Å²) in [6.45, 7) is 1.07. The summed E-state index contributed by atoms with van der Waals surface area (Å²) in [6, 6.07) is 6.08. The standard InChI is InChI=1S/C16H17F3N2O4/c1-2-21(15(25)16(17,18)19)8-9-4-3-5-10(6-9)20-13(22)11-7-12(11)14(23)24/h3-6,11-12H,2,7-8H2,1H3,(H,20,22)(H,23,24).